The Morgan fingerprint density at radius 1 is 1.14 bits per heavy atom. The topological polar surface area (TPSA) is 79.4 Å². The maximum atomic E-state index is 12.3. The average molecular weight is 317 g/mol. The molecule has 22 heavy (non-hydrogen) atoms. The number of amides is 1. The van der Waals surface area contributed by atoms with Crippen LogP contribution >= 0.6 is 0 Å². The van der Waals surface area contributed by atoms with Crippen LogP contribution in [0, 0.1) is 0 Å². The van der Waals surface area contributed by atoms with Crippen LogP contribution < -0.4 is 9.62 Å². The highest BCUT2D eigenvalue weighted by Crippen LogP contribution is 2.22. The number of para-hydroxylation sites is 1. The standard InChI is InChI=1S/C15H15N3O3S/c19-15-9-12(11-18(15)13-5-2-1-3-6-13)17-22(20,21)14-7-4-8-16-10-14/h1-8,10,12,17H,9,11H2/t12-/m0/s1. The zero-order valence-electron chi connectivity index (χ0n) is 11.7. The molecule has 1 atom stereocenters. The van der Waals surface area contributed by atoms with Crippen LogP contribution in [-0.4, -0.2) is 31.9 Å². The summed E-state index contributed by atoms with van der Waals surface area (Å²) in [6, 6.07) is 11.8. The highest BCUT2D eigenvalue weighted by atomic mass is 32.2. The van der Waals surface area contributed by atoms with Gasteiger partial charge < -0.3 is 4.90 Å². The highest BCUT2D eigenvalue weighted by molar-refractivity contribution is 7.89. The van der Waals surface area contributed by atoms with Crippen LogP contribution in [0.2, 0.25) is 0 Å². The van der Waals surface area contributed by atoms with Crippen molar-refractivity contribution in [3.63, 3.8) is 0 Å². The predicted octanol–water partition coefficient (Wildman–Crippen LogP) is 1.17. The van der Waals surface area contributed by atoms with Gasteiger partial charge in [-0.05, 0) is 24.3 Å². The number of hydrogen-bond acceptors (Lipinski definition) is 4. The summed E-state index contributed by atoms with van der Waals surface area (Å²) in [5.74, 6) is -0.0925. The van der Waals surface area contributed by atoms with Gasteiger partial charge in [0.2, 0.25) is 15.9 Å². The van der Waals surface area contributed by atoms with Gasteiger partial charge in [-0.1, -0.05) is 18.2 Å². The van der Waals surface area contributed by atoms with Gasteiger partial charge in [0.05, 0.1) is 0 Å². The number of anilines is 1. The molecule has 1 aliphatic heterocycles. The third-order valence-corrected chi connectivity index (χ3v) is 4.97. The number of hydrogen-bond donors (Lipinski definition) is 1. The third-order valence-electron chi connectivity index (χ3n) is 3.46. The van der Waals surface area contributed by atoms with Gasteiger partial charge in [-0.15, -0.1) is 0 Å². The maximum absolute atomic E-state index is 12.3. The minimum atomic E-state index is -3.66. The fraction of sp³-hybridized carbons (Fsp3) is 0.200. The van der Waals surface area contributed by atoms with Crippen LogP contribution in [-0.2, 0) is 14.8 Å². The van der Waals surface area contributed by atoms with Crippen molar-refractivity contribution >= 4 is 21.6 Å². The number of pyridine rings is 1. The number of aromatic nitrogens is 1. The number of benzene rings is 1. The molecule has 2 heterocycles. The lowest BCUT2D eigenvalue weighted by atomic mass is 10.3. The zero-order chi connectivity index (χ0) is 15.6. The Morgan fingerprint density at radius 2 is 1.91 bits per heavy atom. The molecule has 1 fully saturated rings. The van der Waals surface area contributed by atoms with Crippen LogP contribution in [0.5, 0.6) is 0 Å². The number of sulfonamides is 1. The Kier molecular flexibility index (Phi) is 3.91. The average Bonchev–Trinajstić information content (AvgIpc) is 2.89. The molecule has 0 saturated carbocycles. The minimum Gasteiger partial charge on any atom is -0.311 e. The first-order valence-corrected chi connectivity index (χ1v) is 8.32. The Labute approximate surface area is 128 Å². The smallest absolute Gasteiger partial charge is 0.242 e. The van der Waals surface area contributed by atoms with Gasteiger partial charge in [-0.25, -0.2) is 13.1 Å². The monoisotopic (exact) mass is 317 g/mol. The first-order valence-electron chi connectivity index (χ1n) is 6.84. The van der Waals surface area contributed by atoms with Crippen LogP contribution in [0.15, 0.2) is 59.8 Å². The number of carbonyl (C=O) groups is 1. The molecule has 1 aliphatic rings. The second-order valence-electron chi connectivity index (χ2n) is 5.05. The number of carbonyl (C=O) groups excluding carboxylic acids is 1. The number of nitrogens with zero attached hydrogens (tertiary/aromatic N) is 2. The fourth-order valence-corrected chi connectivity index (χ4v) is 3.63. The van der Waals surface area contributed by atoms with E-state index >= 15 is 0 Å². The Hall–Kier alpha value is -2.25. The molecule has 6 nitrogen and oxygen atoms in total. The highest BCUT2D eigenvalue weighted by Gasteiger charge is 2.33. The van der Waals surface area contributed by atoms with Crippen molar-refractivity contribution < 1.29 is 13.2 Å². The van der Waals surface area contributed by atoms with Gasteiger partial charge in [-0.2, -0.15) is 0 Å². The van der Waals surface area contributed by atoms with E-state index < -0.39 is 16.1 Å². The summed E-state index contributed by atoms with van der Waals surface area (Å²) in [7, 11) is -3.66. The van der Waals surface area contributed by atoms with Crippen molar-refractivity contribution in [2.24, 2.45) is 0 Å². The quantitative estimate of drug-likeness (QED) is 0.918. The normalized spacial score (nSPS) is 18.6. The second-order valence-corrected chi connectivity index (χ2v) is 6.76. The lowest BCUT2D eigenvalue weighted by Gasteiger charge is -2.17. The lowest BCUT2D eigenvalue weighted by Crippen LogP contribution is -2.37. The molecule has 0 unspecified atom stereocenters. The molecule has 0 radical (unpaired) electrons. The number of rotatable bonds is 4. The molecule has 114 valence electrons. The number of nitrogens with one attached hydrogen (secondary N) is 1. The molecule has 1 N–H and O–H groups in total. The first kappa shape index (κ1) is 14.7. The van der Waals surface area contributed by atoms with Crippen LogP contribution in [0.1, 0.15) is 6.42 Å². The van der Waals surface area contributed by atoms with Crippen molar-refractivity contribution in [2.75, 3.05) is 11.4 Å². The molecule has 1 amide bonds. The van der Waals surface area contributed by atoms with Crippen molar-refractivity contribution in [3.8, 4) is 0 Å². The van der Waals surface area contributed by atoms with E-state index in [0.717, 1.165) is 5.69 Å². The van der Waals surface area contributed by atoms with Crippen molar-refractivity contribution in [1.29, 1.82) is 0 Å². The van der Waals surface area contributed by atoms with E-state index in [4.69, 9.17) is 0 Å². The third kappa shape index (κ3) is 3.00. The summed E-state index contributed by atoms with van der Waals surface area (Å²) in [6.07, 6.45) is 2.94. The Morgan fingerprint density at radius 3 is 2.59 bits per heavy atom. The van der Waals surface area contributed by atoms with Crippen molar-refractivity contribution in [3.05, 3.63) is 54.9 Å². The van der Waals surface area contributed by atoms with E-state index in [-0.39, 0.29) is 17.2 Å². The molecule has 2 aromatic rings. The first-order chi connectivity index (χ1) is 10.6. The molecular weight excluding hydrogens is 302 g/mol. The van der Waals surface area contributed by atoms with E-state index in [9.17, 15) is 13.2 Å². The minimum absolute atomic E-state index is 0.0925. The Balaban J connectivity index is 1.74. The SMILES string of the molecule is O=C1C[C@H](NS(=O)(=O)c2cccnc2)CN1c1ccccc1. The zero-order valence-corrected chi connectivity index (χ0v) is 12.5. The summed E-state index contributed by atoms with van der Waals surface area (Å²) in [5.41, 5.74) is 0.774. The summed E-state index contributed by atoms with van der Waals surface area (Å²) in [6.45, 7) is 0.322. The molecule has 0 bridgehead atoms. The molecule has 1 aromatic carbocycles. The molecule has 7 heteroatoms. The van der Waals surface area contributed by atoms with E-state index in [1.165, 1.54) is 18.5 Å². The summed E-state index contributed by atoms with van der Waals surface area (Å²) in [4.78, 5) is 17.6. The van der Waals surface area contributed by atoms with Crippen molar-refractivity contribution in [1.82, 2.24) is 9.71 Å². The van der Waals surface area contributed by atoms with Gasteiger partial charge in [0, 0.05) is 37.1 Å². The molecular formula is C15H15N3O3S. The van der Waals surface area contributed by atoms with Crippen molar-refractivity contribution in [2.45, 2.75) is 17.4 Å². The summed E-state index contributed by atoms with van der Waals surface area (Å²) in [5, 5.41) is 0. The summed E-state index contributed by atoms with van der Waals surface area (Å²) >= 11 is 0. The van der Waals surface area contributed by atoms with Crippen LogP contribution in [0.3, 0.4) is 0 Å². The summed E-state index contributed by atoms with van der Waals surface area (Å²) < 4.78 is 27.1. The van der Waals surface area contributed by atoms with E-state index in [1.807, 2.05) is 30.3 Å². The van der Waals surface area contributed by atoms with Crippen LogP contribution in [0.4, 0.5) is 5.69 Å². The predicted molar refractivity (Wildman–Crippen MR) is 81.8 cm³/mol. The molecule has 0 aliphatic carbocycles. The maximum Gasteiger partial charge on any atom is 0.242 e. The van der Waals surface area contributed by atoms with Gasteiger partial charge in [0.1, 0.15) is 4.90 Å². The van der Waals surface area contributed by atoms with Crippen LogP contribution in [0.25, 0.3) is 0 Å². The Bertz CT molecular complexity index is 763. The fourth-order valence-electron chi connectivity index (χ4n) is 2.44. The van der Waals surface area contributed by atoms with E-state index in [0.29, 0.717) is 6.54 Å². The van der Waals surface area contributed by atoms with Gasteiger partial charge in [0.15, 0.2) is 0 Å². The van der Waals surface area contributed by atoms with Gasteiger partial charge in [-0.3, -0.25) is 9.78 Å². The second kappa shape index (κ2) is 5.86. The van der Waals surface area contributed by atoms with Gasteiger partial charge in [0.25, 0.3) is 0 Å². The molecule has 1 aromatic heterocycles. The molecule has 3 rings (SSSR count). The van der Waals surface area contributed by atoms with E-state index in [2.05, 4.69) is 9.71 Å². The molecule has 1 saturated heterocycles. The van der Waals surface area contributed by atoms with Gasteiger partial charge >= 0.3 is 0 Å². The molecule has 0 spiro atoms. The largest absolute Gasteiger partial charge is 0.311 e. The lowest BCUT2D eigenvalue weighted by molar-refractivity contribution is -0.117. The van der Waals surface area contributed by atoms with E-state index in [1.54, 1.807) is 11.0 Å².